The van der Waals surface area contributed by atoms with E-state index in [2.05, 4.69) is 10.1 Å². The summed E-state index contributed by atoms with van der Waals surface area (Å²) in [5, 5.41) is 21.6. The van der Waals surface area contributed by atoms with Gasteiger partial charge in [-0.05, 0) is 19.9 Å². The van der Waals surface area contributed by atoms with Crippen LogP contribution in [0.2, 0.25) is 0 Å². The summed E-state index contributed by atoms with van der Waals surface area (Å²) in [6.07, 6.45) is -1.38. The molecule has 1 saturated heterocycles. The van der Waals surface area contributed by atoms with Gasteiger partial charge in [0.2, 0.25) is 0 Å². The van der Waals surface area contributed by atoms with E-state index in [0.29, 0.717) is 13.0 Å². The minimum Gasteiger partial charge on any atom is -0.464 e. The van der Waals surface area contributed by atoms with Gasteiger partial charge in [0.15, 0.2) is 6.10 Å². The van der Waals surface area contributed by atoms with E-state index in [0.717, 1.165) is 0 Å². The zero-order chi connectivity index (χ0) is 9.84. The third-order valence-corrected chi connectivity index (χ3v) is 2.10. The van der Waals surface area contributed by atoms with E-state index in [9.17, 15) is 15.0 Å². The molecule has 0 aromatic rings. The molecule has 5 nitrogen and oxygen atoms in total. The lowest BCUT2D eigenvalue weighted by Crippen LogP contribution is -2.46. The molecule has 0 amide bonds. The molecular formula is C8H15NO4. The Bertz CT molecular complexity index is 185. The van der Waals surface area contributed by atoms with Crippen LogP contribution >= 0.6 is 0 Å². The maximum atomic E-state index is 11.1. The highest BCUT2D eigenvalue weighted by atomic mass is 16.5. The lowest BCUT2D eigenvalue weighted by atomic mass is 10.1. The molecule has 5 heteroatoms. The molecule has 1 heterocycles. The van der Waals surface area contributed by atoms with E-state index in [1.807, 2.05) is 0 Å². The summed E-state index contributed by atoms with van der Waals surface area (Å²) in [6.45, 7) is 2.52. The second-order valence-electron chi connectivity index (χ2n) is 3.03. The van der Waals surface area contributed by atoms with Crippen molar-refractivity contribution >= 4 is 5.97 Å². The average Bonchev–Trinajstić information content (AvgIpc) is 2.50. The van der Waals surface area contributed by atoms with Crippen molar-refractivity contribution in [3.05, 3.63) is 0 Å². The number of aliphatic hydroxyl groups is 2. The quantitative estimate of drug-likeness (QED) is 0.477. The Hall–Kier alpha value is -0.650. The topological polar surface area (TPSA) is 78.8 Å². The number of ether oxygens (including phenoxy) is 1. The maximum absolute atomic E-state index is 11.1. The van der Waals surface area contributed by atoms with Gasteiger partial charge in [-0.25, -0.2) is 4.79 Å². The second-order valence-corrected chi connectivity index (χ2v) is 3.03. The van der Waals surface area contributed by atoms with Crippen molar-refractivity contribution in [2.75, 3.05) is 13.2 Å². The van der Waals surface area contributed by atoms with Gasteiger partial charge in [-0.1, -0.05) is 0 Å². The number of carbonyl (C=O) groups is 1. The van der Waals surface area contributed by atoms with Crippen LogP contribution < -0.4 is 5.32 Å². The van der Waals surface area contributed by atoms with Crippen LogP contribution in [0.15, 0.2) is 0 Å². The van der Waals surface area contributed by atoms with Gasteiger partial charge in [0.05, 0.1) is 18.8 Å². The van der Waals surface area contributed by atoms with Gasteiger partial charge < -0.3 is 20.3 Å². The minimum absolute atomic E-state index is 0.235. The first-order chi connectivity index (χ1) is 6.16. The molecule has 13 heavy (non-hydrogen) atoms. The van der Waals surface area contributed by atoms with Crippen LogP contribution in [0, 0.1) is 0 Å². The number of esters is 1. The second kappa shape index (κ2) is 4.55. The van der Waals surface area contributed by atoms with Gasteiger partial charge >= 0.3 is 5.97 Å². The lowest BCUT2D eigenvalue weighted by molar-refractivity contribution is -0.155. The molecule has 2 unspecified atom stereocenters. The summed E-state index contributed by atoms with van der Waals surface area (Å²) in [5.74, 6) is -0.680. The van der Waals surface area contributed by atoms with E-state index in [-0.39, 0.29) is 6.61 Å². The van der Waals surface area contributed by atoms with Crippen molar-refractivity contribution in [2.24, 2.45) is 0 Å². The molecule has 1 aliphatic rings. The molecular weight excluding hydrogens is 174 g/mol. The summed E-state index contributed by atoms with van der Waals surface area (Å²) in [6, 6.07) is -0.584. The van der Waals surface area contributed by atoms with E-state index in [4.69, 9.17) is 0 Å². The fourth-order valence-electron chi connectivity index (χ4n) is 1.41. The molecule has 3 atom stereocenters. The van der Waals surface area contributed by atoms with Crippen LogP contribution in [-0.4, -0.2) is 47.6 Å². The fourth-order valence-corrected chi connectivity index (χ4v) is 1.41. The molecule has 76 valence electrons. The number of rotatable bonds is 3. The first kappa shape index (κ1) is 10.4. The van der Waals surface area contributed by atoms with Crippen molar-refractivity contribution in [2.45, 2.75) is 31.6 Å². The van der Waals surface area contributed by atoms with Gasteiger partial charge in [0, 0.05) is 0 Å². The Kier molecular flexibility index (Phi) is 3.65. The Labute approximate surface area is 76.7 Å². The molecule has 1 fully saturated rings. The number of carbonyl (C=O) groups excluding carboxylic acids is 1. The highest BCUT2D eigenvalue weighted by Crippen LogP contribution is 2.11. The van der Waals surface area contributed by atoms with Crippen molar-refractivity contribution < 1.29 is 19.7 Å². The van der Waals surface area contributed by atoms with E-state index < -0.39 is 24.2 Å². The fraction of sp³-hybridized carbons (Fsp3) is 0.875. The molecule has 0 radical (unpaired) electrons. The average molecular weight is 189 g/mol. The summed E-state index contributed by atoms with van der Waals surface area (Å²) < 4.78 is 4.62. The van der Waals surface area contributed by atoms with Crippen LogP contribution in [0.25, 0.3) is 0 Å². The molecule has 1 aliphatic heterocycles. The first-order valence-corrected chi connectivity index (χ1v) is 4.43. The van der Waals surface area contributed by atoms with Crippen molar-refractivity contribution in [1.82, 2.24) is 5.32 Å². The normalized spacial score (nSPS) is 30.1. The minimum atomic E-state index is -1.27. The van der Waals surface area contributed by atoms with Crippen molar-refractivity contribution in [3.63, 3.8) is 0 Å². The SMILES string of the molecule is CCOC(=O)C(O)[C@H]1NCCC1O. The molecule has 0 aromatic heterocycles. The molecule has 0 saturated carbocycles. The number of hydrogen-bond acceptors (Lipinski definition) is 5. The van der Waals surface area contributed by atoms with Crippen LogP contribution in [-0.2, 0) is 9.53 Å². The summed E-state index contributed by atoms with van der Waals surface area (Å²) >= 11 is 0. The maximum Gasteiger partial charge on any atom is 0.336 e. The molecule has 0 spiro atoms. The largest absolute Gasteiger partial charge is 0.464 e. The Morgan fingerprint density at radius 3 is 2.92 bits per heavy atom. The zero-order valence-electron chi connectivity index (χ0n) is 7.56. The van der Waals surface area contributed by atoms with Gasteiger partial charge in [0.1, 0.15) is 0 Å². The highest BCUT2D eigenvalue weighted by Gasteiger charge is 2.35. The predicted octanol–water partition coefficient (Wildman–Crippen LogP) is -1.37. The molecule has 0 bridgehead atoms. The molecule has 3 N–H and O–H groups in total. The van der Waals surface area contributed by atoms with Gasteiger partial charge in [-0.2, -0.15) is 0 Å². The number of aliphatic hydroxyl groups excluding tert-OH is 2. The van der Waals surface area contributed by atoms with Crippen LogP contribution in [0.4, 0.5) is 0 Å². The highest BCUT2D eigenvalue weighted by molar-refractivity contribution is 5.75. The Balaban J connectivity index is 2.45. The zero-order valence-corrected chi connectivity index (χ0v) is 7.56. The Morgan fingerprint density at radius 2 is 2.46 bits per heavy atom. The molecule has 0 aliphatic carbocycles. The van der Waals surface area contributed by atoms with E-state index in [1.165, 1.54) is 0 Å². The summed E-state index contributed by atoms with van der Waals surface area (Å²) in [5.41, 5.74) is 0. The molecule has 1 rings (SSSR count). The van der Waals surface area contributed by atoms with Crippen LogP contribution in [0.5, 0.6) is 0 Å². The van der Waals surface area contributed by atoms with Gasteiger partial charge in [-0.3, -0.25) is 0 Å². The molecule has 0 aromatic carbocycles. The number of hydrogen-bond donors (Lipinski definition) is 3. The standard InChI is InChI=1S/C8H15NO4/c1-2-13-8(12)7(11)6-5(10)3-4-9-6/h5-7,9-11H,2-4H2,1H3/t5?,6-,7?/m0/s1. The van der Waals surface area contributed by atoms with E-state index >= 15 is 0 Å². The Morgan fingerprint density at radius 1 is 1.77 bits per heavy atom. The van der Waals surface area contributed by atoms with E-state index in [1.54, 1.807) is 6.92 Å². The van der Waals surface area contributed by atoms with Crippen LogP contribution in [0.3, 0.4) is 0 Å². The third kappa shape index (κ3) is 2.40. The van der Waals surface area contributed by atoms with Gasteiger partial charge in [-0.15, -0.1) is 0 Å². The van der Waals surface area contributed by atoms with Crippen molar-refractivity contribution in [3.8, 4) is 0 Å². The van der Waals surface area contributed by atoms with Gasteiger partial charge in [0.25, 0.3) is 0 Å². The first-order valence-electron chi connectivity index (χ1n) is 4.43. The lowest BCUT2D eigenvalue weighted by Gasteiger charge is -2.19. The van der Waals surface area contributed by atoms with Crippen molar-refractivity contribution in [1.29, 1.82) is 0 Å². The van der Waals surface area contributed by atoms with Crippen LogP contribution in [0.1, 0.15) is 13.3 Å². The predicted molar refractivity (Wildman–Crippen MR) is 45.1 cm³/mol. The monoisotopic (exact) mass is 189 g/mol. The summed E-state index contributed by atoms with van der Waals surface area (Å²) in [7, 11) is 0. The smallest absolute Gasteiger partial charge is 0.336 e. The summed E-state index contributed by atoms with van der Waals surface area (Å²) in [4.78, 5) is 11.1. The third-order valence-electron chi connectivity index (χ3n) is 2.10. The number of nitrogens with one attached hydrogen (secondary N) is 1.